The summed E-state index contributed by atoms with van der Waals surface area (Å²) in [4.78, 5) is 0. The zero-order valence-corrected chi connectivity index (χ0v) is 55.8. The van der Waals surface area contributed by atoms with Gasteiger partial charge in [-0.3, -0.25) is 0 Å². The molecule has 0 fully saturated rings. The van der Waals surface area contributed by atoms with E-state index in [1.807, 2.05) is 0 Å². The summed E-state index contributed by atoms with van der Waals surface area (Å²) in [6.45, 7) is 0. The molecule has 0 saturated carbocycles. The molecule has 0 aliphatic carbocycles. The Bertz CT molecular complexity index is 3540. The van der Waals surface area contributed by atoms with Gasteiger partial charge in [-0.2, -0.15) is 299 Å². The van der Waals surface area contributed by atoms with Crippen LogP contribution >= 0.6 is 18.5 Å². The second-order valence-corrected chi connectivity index (χ2v) is 22.9. The minimum Gasteiger partial charge on any atom is -1.00 e. The molecule has 2 aromatic rings. The van der Waals surface area contributed by atoms with Crippen LogP contribution in [0.2, 0.25) is 0 Å². The molecule has 2 rings (SSSR count). The van der Waals surface area contributed by atoms with Crippen LogP contribution in [0.1, 0.15) is 22.3 Å². The molecule has 0 aliphatic rings. The van der Waals surface area contributed by atoms with Gasteiger partial charge in [-0.05, 0) is 10.6 Å². The monoisotopic (exact) mass is 2070 g/mol. The molecule has 0 heterocycles. The second-order valence-electron chi connectivity index (χ2n) is 21.6. The first-order valence-corrected chi connectivity index (χ1v) is 26.1. The molecule has 0 amide bonds. The molecule has 117 heavy (non-hydrogen) atoms. The average molecular weight is 2070 g/mol. The summed E-state index contributed by atoms with van der Waals surface area (Å²) in [6, 6.07) is -6.17. The van der Waals surface area contributed by atoms with Crippen molar-refractivity contribution < 1.29 is 344 Å². The van der Waals surface area contributed by atoms with Crippen LogP contribution in [0.3, 0.4) is 0 Å². The Morgan fingerprint density at radius 3 is 0.368 bits per heavy atom. The van der Waals surface area contributed by atoms with Crippen molar-refractivity contribution in [2.24, 2.45) is 0 Å². The Labute approximate surface area is 621 Å². The van der Waals surface area contributed by atoms with Crippen molar-refractivity contribution in [2.75, 3.05) is 0 Å². The van der Waals surface area contributed by atoms with E-state index in [1.54, 1.807) is 0 Å². The first kappa shape index (κ1) is 117. The standard InChI is InChI=1S/2C22H5F34P.2ClH.Pd/c2*23-7(24,9(27,28)11(31,32)13(35,36)15(39,40)17(43,44)19(47,48)21(51,52)53)4-2-1-3-5(57)6(4)8(25,26)10(29,30)12(33,34)14(37,38)16(41,42)18(45,46)20(49,50)22(54,55)56;;;/h2*1-3H,57H2;2*1H;/p-2. The van der Waals surface area contributed by atoms with E-state index in [9.17, 15) is 299 Å². The molecule has 2 atom stereocenters. The molecule has 0 aromatic heterocycles. The van der Waals surface area contributed by atoms with E-state index in [1.165, 1.54) is 0 Å². The predicted molar refractivity (Wildman–Crippen MR) is 230 cm³/mol. The number of benzene rings is 2. The molecule has 0 saturated heterocycles. The summed E-state index contributed by atoms with van der Waals surface area (Å²) in [5.41, 5.74) is -18.3. The van der Waals surface area contributed by atoms with E-state index >= 15 is 0 Å². The molecule has 2 aromatic carbocycles. The summed E-state index contributed by atoms with van der Waals surface area (Å²) in [5, 5.41) is -5.63. The number of hydrogen-bond donors (Lipinski definition) is 0. The molecule has 0 radical (unpaired) electrons. The molecule has 0 nitrogen and oxygen atoms in total. The fourth-order valence-electron chi connectivity index (χ4n) is 7.67. The first-order valence-electron chi connectivity index (χ1n) is 24.9. The number of alkyl halides is 68. The average Bonchev–Trinajstić information content (AvgIpc) is 0.689. The van der Waals surface area contributed by atoms with Crippen molar-refractivity contribution in [3.63, 3.8) is 0 Å². The van der Waals surface area contributed by atoms with Gasteiger partial charge >= 0.3 is 191 Å². The van der Waals surface area contributed by atoms with Crippen molar-refractivity contribution in [2.45, 2.75) is 191 Å². The molecule has 0 aliphatic heterocycles. The third kappa shape index (κ3) is 15.0. The van der Waals surface area contributed by atoms with Crippen LogP contribution in [0.4, 0.5) is 299 Å². The fraction of sp³-hybridized carbons (Fsp3) is 0.727. The molecule has 2 unspecified atom stereocenters. The van der Waals surface area contributed by atoms with Gasteiger partial charge in [-0.15, -0.1) is 18.5 Å². The minimum atomic E-state index is -9.52. The summed E-state index contributed by atoms with van der Waals surface area (Å²) >= 11 is 0. The predicted octanol–water partition coefficient (Wildman–Crippen LogP) is 18.2. The summed E-state index contributed by atoms with van der Waals surface area (Å²) in [5.74, 6) is -256. The van der Waals surface area contributed by atoms with Gasteiger partial charge in [0.2, 0.25) is 0 Å². The zero-order chi connectivity index (χ0) is 93.7. The molecule has 0 N–H and O–H groups in total. The molecular formula is C44H10Cl2F68P2Pd-2. The number of rotatable bonds is 28. The van der Waals surface area contributed by atoms with Gasteiger partial charge in [0, 0.05) is 42.7 Å². The molecule has 698 valence electrons. The van der Waals surface area contributed by atoms with E-state index in [0.717, 1.165) is 0 Å². The number of hydrogen-bond acceptors (Lipinski definition) is 0. The number of halogens is 70. The van der Waals surface area contributed by atoms with E-state index in [0.29, 0.717) is 0 Å². The third-order valence-corrected chi connectivity index (χ3v) is 15.3. The molecular weight excluding hydrogens is 2060 g/mol. The van der Waals surface area contributed by atoms with Crippen LogP contribution in [0.5, 0.6) is 0 Å². The summed E-state index contributed by atoms with van der Waals surface area (Å²) in [7, 11) is 0.325. The Balaban J connectivity index is -0.00000217. The van der Waals surface area contributed by atoms with Gasteiger partial charge in [-0.1, -0.05) is 36.4 Å². The van der Waals surface area contributed by atoms with Crippen LogP contribution in [0.25, 0.3) is 0 Å². The van der Waals surface area contributed by atoms with E-state index in [4.69, 9.17) is 0 Å². The maximum absolute atomic E-state index is 15.0. The van der Waals surface area contributed by atoms with Crippen LogP contribution in [0.15, 0.2) is 36.4 Å². The first-order chi connectivity index (χ1) is 48.3. The fourth-order valence-corrected chi connectivity index (χ4v) is 8.57. The van der Waals surface area contributed by atoms with Crippen LogP contribution < -0.4 is 35.4 Å². The maximum Gasteiger partial charge on any atom is 0.460 e. The Kier molecular flexibility index (Phi) is 30.6. The van der Waals surface area contributed by atoms with Crippen molar-refractivity contribution in [1.82, 2.24) is 0 Å². The zero-order valence-electron chi connectivity index (χ0n) is 50.4. The third-order valence-electron chi connectivity index (χ3n) is 14.4. The van der Waals surface area contributed by atoms with Gasteiger partial charge in [0.05, 0.1) is 0 Å². The Hall–Kier alpha value is -4.22. The Morgan fingerprint density at radius 2 is 0.248 bits per heavy atom. The van der Waals surface area contributed by atoms with Gasteiger partial charge in [0.25, 0.3) is 0 Å². The molecule has 0 bridgehead atoms. The van der Waals surface area contributed by atoms with Gasteiger partial charge in [0.1, 0.15) is 0 Å². The topological polar surface area (TPSA) is 0 Å². The van der Waals surface area contributed by atoms with Crippen LogP contribution in [0, 0.1) is 0 Å². The SMILES string of the molecule is FC(F)(F)C(F)(F)C(F)(F)C(F)(F)C(F)(F)C(F)(F)C(F)(F)C(F)(F)c1cccc(P)c1C(F)(F)C(F)(F)C(F)(F)C(F)(F)C(F)(F)C(F)(F)C(F)(F)C(F)(F)F.FC(F)(F)C(F)(F)C(F)(F)C(F)(F)C(F)(F)C(F)(F)C(F)(F)C(F)(F)c1cccc(P)c1C(F)(F)C(F)(F)C(F)(F)C(F)(F)C(F)(F)C(F)(F)C(F)(F)C(F)(F)F.[Cl-].[Cl-].[Pd]. The van der Waals surface area contributed by atoms with Gasteiger partial charge < -0.3 is 24.8 Å². The minimum absolute atomic E-state index is 0. The normalized spacial score (nSPS) is 16.3. The van der Waals surface area contributed by atoms with E-state index in [2.05, 4.69) is 0 Å². The Morgan fingerprint density at radius 1 is 0.145 bits per heavy atom. The second kappa shape index (κ2) is 30.6. The van der Waals surface area contributed by atoms with Crippen molar-refractivity contribution in [3.05, 3.63) is 58.7 Å². The maximum atomic E-state index is 15.0. The summed E-state index contributed by atoms with van der Waals surface area (Å²) < 4.78 is 929. The van der Waals surface area contributed by atoms with Crippen molar-refractivity contribution >= 4 is 29.1 Å². The van der Waals surface area contributed by atoms with Crippen molar-refractivity contribution in [3.8, 4) is 0 Å². The van der Waals surface area contributed by atoms with Gasteiger partial charge in [0.15, 0.2) is 0 Å². The molecule has 73 heteroatoms. The van der Waals surface area contributed by atoms with Gasteiger partial charge in [-0.25, -0.2) is 0 Å². The largest absolute Gasteiger partial charge is 1.00 e. The quantitative estimate of drug-likeness (QED) is 0.0453. The van der Waals surface area contributed by atoms with Crippen LogP contribution in [-0.2, 0) is 44.1 Å². The van der Waals surface area contributed by atoms with Crippen molar-refractivity contribution in [1.29, 1.82) is 0 Å². The summed E-state index contributed by atoms with van der Waals surface area (Å²) in [6.07, 6.45) is -33.1. The van der Waals surface area contributed by atoms with Crippen LogP contribution in [-0.4, -0.2) is 167 Å². The molecule has 0 spiro atoms. The van der Waals surface area contributed by atoms with E-state index in [-0.39, 0.29) is 63.7 Å². The van der Waals surface area contributed by atoms with E-state index < -0.39 is 260 Å². The smallest absolute Gasteiger partial charge is 0.460 e.